The first-order valence-electron chi connectivity index (χ1n) is 4.68. The van der Waals surface area contributed by atoms with Gasteiger partial charge in [-0.15, -0.1) is 0 Å². The van der Waals surface area contributed by atoms with E-state index < -0.39 is 0 Å². The highest BCUT2D eigenvalue weighted by atomic mass is 16.5. The Morgan fingerprint density at radius 1 is 1.36 bits per heavy atom. The van der Waals surface area contributed by atoms with Crippen molar-refractivity contribution in [3.8, 4) is 0 Å². The molecule has 0 amide bonds. The Bertz CT molecular complexity index is 194. The topological polar surface area (TPSA) is 35.2 Å². The largest absolute Gasteiger partial charge is 0.378 e. The third kappa shape index (κ3) is 0.695. The second-order valence-electron chi connectivity index (χ2n) is 4.54. The Hall–Kier alpha value is -0.0800. The van der Waals surface area contributed by atoms with Gasteiger partial charge in [-0.1, -0.05) is 0 Å². The molecule has 0 spiro atoms. The number of fused-ring (bicyclic) bond motifs is 1. The molecule has 0 aromatic carbocycles. The number of ether oxygens (including phenoxy) is 1. The van der Waals surface area contributed by atoms with Crippen molar-refractivity contribution in [1.29, 1.82) is 0 Å². The van der Waals surface area contributed by atoms with E-state index in [1.165, 1.54) is 19.3 Å². The van der Waals surface area contributed by atoms with Crippen LogP contribution in [0.3, 0.4) is 0 Å². The van der Waals surface area contributed by atoms with Crippen molar-refractivity contribution in [2.24, 2.45) is 17.6 Å². The Balaban J connectivity index is 1.97. The minimum Gasteiger partial charge on any atom is -0.378 e. The van der Waals surface area contributed by atoms with Crippen LogP contribution in [0.25, 0.3) is 0 Å². The van der Waals surface area contributed by atoms with Crippen LogP contribution in [0.5, 0.6) is 0 Å². The lowest BCUT2D eigenvalue weighted by Gasteiger charge is -2.43. The van der Waals surface area contributed by atoms with Crippen molar-refractivity contribution in [3.05, 3.63) is 0 Å². The molecule has 0 aromatic rings. The summed E-state index contributed by atoms with van der Waals surface area (Å²) in [6, 6.07) is 0. The molecule has 3 fully saturated rings. The van der Waals surface area contributed by atoms with Crippen molar-refractivity contribution in [1.82, 2.24) is 0 Å². The van der Waals surface area contributed by atoms with Crippen LogP contribution >= 0.6 is 0 Å². The van der Waals surface area contributed by atoms with E-state index in [1.807, 2.05) is 0 Å². The lowest BCUT2D eigenvalue weighted by Crippen LogP contribution is -2.54. The lowest BCUT2D eigenvalue weighted by molar-refractivity contribution is -0.0620. The highest BCUT2D eigenvalue weighted by molar-refractivity contribution is 5.10. The maximum Gasteiger partial charge on any atom is 0.0623 e. The third-order valence-corrected chi connectivity index (χ3v) is 3.91. The summed E-state index contributed by atoms with van der Waals surface area (Å²) < 4.78 is 5.69. The van der Waals surface area contributed by atoms with E-state index in [-0.39, 0.29) is 5.54 Å². The second kappa shape index (κ2) is 1.80. The van der Waals surface area contributed by atoms with E-state index in [2.05, 4.69) is 0 Å². The van der Waals surface area contributed by atoms with Gasteiger partial charge in [-0.25, -0.2) is 0 Å². The molecular formula is C9H15NO. The number of hydrogen-bond acceptors (Lipinski definition) is 2. The molecule has 11 heavy (non-hydrogen) atoms. The van der Waals surface area contributed by atoms with Gasteiger partial charge in [-0.05, 0) is 31.6 Å². The highest BCUT2D eigenvalue weighted by Crippen LogP contribution is 2.54. The molecule has 0 aromatic heterocycles. The zero-order valence-electron chi connectivity index (χ0n) is 6.75. The predicted molar refractivity (Wildman–Crippen MR) is 42.1 cm³/mol. The maximum atomic E-state index is 6.31. The Kier molecular flexibility index (Phi) is 1.06. The molecule has 2 heteroatoms. The Morgan fingerprint density at radius 2 is 2.27 bits per heavy atom. The van der Waals surface area contributed by atoms with E-state index in [0.717, 1.165) is 18.9 Å². The van der Waals surface area contributed by atoms with Crippen LogP contribution in [0, 0.1) is 11.8 Å². The average Bonchev–Trinajstić information content (AvgIpc) is 2.40. The van der Waals surface area contributed by atoms with E-state index >= 15 is 0 Å². The summed E-state index contributed by atoms with van der Waals surface area (Å²) >= 11 is 0. The molecule has 2 N–H and O–H groups in total. The van der Waals surface area contributed by atoms with Crippen molar-refractivity contribution < 1.29 is 4.74 Å². The SMILES string of the molecule is N[C@]12CCO[C@H]3C[C@H](C[C@H]31)C2. The van der Waals surface area contributed by atoms with Gasteiger partial charge >= 0.3 is 0 Å². The minimum absolute atomic E-state index is 0.186. The van der Waals surface area contributed by atoms with Gasteiger partial charge in [0.15, 0.2) is 0 Å². The lowest BCUT2D eigenvalue weighted by atomic mass is 9.76. The third-order valence-electron chi connectivity index (χ3n) is 3.91. The number of nitrogens with two attached hydrogens (primary N) is 1. The standard InChI is InChI=1S/C9H15NO/c10-9-1-2-11-8-4-6(5-9)3-7(8)9/h6-8H,1-5,10H2/t6-,7+,8-,9-/m0/s1. The van der Waals surface area contributed by atoms with Gasteiger partial charge in [-0.2, -0.15) is 0 Å². The molecule has 3 rings (SSSR count). The molecule has 1 heterocycles. The second-order valence-corrected chi connectivity index (χ2v) is 4.54. The minimum atomic E-state index is 0.186. The quantitative estimate of drug-likeness (QED) is 0.561. The van der Waals surface area contributed by atoms with E-state index in [9.17, 15) is 0 Å². The van der Waals surface area contributed by atoms with Crippen LogP contribution in [0.15, 0.2) is 0 Å². The van der Waals surface area contributed by atoms with Crippen LogP contribution < -0.4 is 5.73 Å². The summed E-state index contributed by atoms with van der Waals surface area (Å²) in [5.41, 5.74) is 6.49. The van der Waals surface area contributed by atoms with Gasteiger partial charge in [0.05, 0.1) is 6.10 Å². The van der Waals surface area contributed by atoms with Crippen molar-refractivity contribution >= 4 is 0 Å². The van der Waals surface area contributed by atoms with Gasteiger partial charge in [0.2, 0.25) is 0 Å². The fourth-order valence-electron chi connectivity index (χ4n) is 3.43. The van der Waals surface area contributed by atoms with Gasteiger partial charge in [0.1, 0.15) is 0 Å². The molecule has 2 nitrogen and oxygen atoms in total. The predicted octanol–water partition coefficient (Wildman–Crippen LogP) is 0.903. The summed E-state index contributed by atoms with van der Waals surface area (Å²) in [6.07, 6.45) is 5.56. The number of hydrogen-bond donors (Lipinski definition) is 1. The van der Waals surface area contributed by atoms with Crippen LogP contribution in [0.1, 0.15) is 25.7 Å². The maximum absolute atomic E-state index is 6.31. The van der Waals surface area contributed by atoms with Crippen LogP contribution in [-0.2, 0) is 4.74 Å². The monoisotopic (exact) mass is 153 g/mol. The van der Waals surface area contributed by atoms with Gasteiger partial charge in [0, 0.05) is 18.1 Å². The fourth-order valence-corrected chi connectivity index (χ4v) is 3.43. The summed E-state index contributed by atoms with van der Waals surface area (Å²) in [4.78, 5) is 0. The van der Waals surface area contributed by atoms with Crippen molar-refractivity contribution in [2.45, 2.75) is 37.3 Å². The zero-order chi connectivity index (χ0) is 7.47. The van der Waals surface area contributed by atoms with E-state index in [1.54, 1.807) is 0 Å². The molecule has 3 aliphatic rings. The first-order valence-corrected chi connectivity index (χ1v) is 4.68. The smallest absolute Gasteiger partial charge is 0.0623 e. The molecule has 62 valence electrons. The fraction of sp³-hybridized carbons (Fsp3) is 1.00. The normalized spacial score (nSPS) is 60.3. The summed E-state index contributed by atoms with van der Waals surface area (Å²) in [5, 5.41) is 0. The summed E-state index contributed by atoms with van der Waals surface area (Å²) in [6.45, 7) is 0.907. The van der Waals surface area contributed by atoms with Gasteiger partial charge in [0.25, 0.3) is 0 Å². The van der Waals surface area contributed by atoms with Crippen molar-refractivity contribution in [3.63, 3.8) is 0 Å². The molecule has 1 aliphatic heterocycles. The van der Waals surface area contributed by atoms with Crippen LogP contribution in [-0.4, -0.2) is 18.2 Å². The van der Waals surface area contributed by atoms with E-state index in [0.29, 0.717) is 12.0 Å². The molecule has 0 radical (unpaired) electrons. The molecule has 4 atom stereocenters. The molecule has 2 saturated carbocycles. The summed E-state index contributed by atoms with van der Waals surface area (Å²) in [7, 11) is 0. The highest BCUT2D eigenvalue weighted by Gasteiger charge is 2.55. The van der Waals surface area contributed by atoms with Crippen molar-refractivity contribution in [2.75, 3.05) is 6.61 Å². The first kappa shape index (κ1) is 6.44. The van der Waals surface area contributed by atoms with E-state index in [4.69, 9.17) is 10.5 Å². The van der Waals surface area contributed by atoms with Gasteiger partial charge < -0.3 is 10.5 Å². The molecular weight excluding hydrogens is 138 g/mol. The summed E-state index contributed by atoms with van der Waals surface area (Å²) in [5.74, 6) is 1.61. The Labute approximate surface area is 67.1 Å². The first-order chi connectivity index (χ1) is 5.28. The average molecular weight is 153 g/mol. The molecule has 0 unspecified atom stereocenters. The van der Waals surface area contributed by atoms with Crippen LogP contribution in [0.2, 0.25) is 0 Å². The van der Waals surface area contributed by atoms with Gasteiger partial charge in [-0.3, -0.25) is 0 Å². The molecule has 2 aliphatic carbocycles. The molecule has 1 saturated heterocycles. The number of rotatable bonds is 0. The Morgan fingerprint density at radius 3 is 2.91 bits per heavy atom. The zero-order valence-corrected chi connectivity index (χ0v) is 6.75. The van der Waals surface area contributed by atoms with Crippen LogP contribution in [0.4, 0.5) is 0 Å². The molecule has 2 bridgehead atoms.